The van der Waals surface area contributed by atoms with Crippen LogP contribution in [0, 0.1) is 23.7 Å². The Balaban J connectivity index is 1.28. The monoisotopic (exact) mass is 1030 g/mol. The lowest BCUT2D eigenvalue weighted by atomic mass is 9.64. The minimum absolute atomic E-state index is 0.0414. The van der Waals surface area contributed by atoms with Crippen LogP contribution in [0.15, 0.2) is 127 Å². The molecule has 2 saturated heterocycles. The fraction of sp³-hybridized carbons (Fsp3) is 0.361. The molecule has 392 valence electrons. The lowest BCUT2D eigenvalue weighted by Gasteiger charge is -2.46. The van der Waals surface area contributed by atoms with Crippen molar-refractivity contribution in [3.8, 4) is 29.1 Å². The van der Waals surface area contributed by atoms with E-state index in [0.29, 0.717) is 40.4 Å². The van der Waals surface area contributed by atoms with Crippen molar-refractivity contribution in [2.45, 2.75) is 88.2 Å². The van der Waals surface area contributed by atoms with E-state index in [4.69, 9.17) is 23.7 Å². The zero-order valence-electron chi connectivity index (χ0n) is 43.3. The van der Waals surface area contributed by atoms with Crippen molar-refractivity contribution in [3.05, 3.63) is 166 Å². The maximum absolute atomic E-state index is 17.0. The third-order valence-corrected chi connectivity index (χ3v) is 15.6. The van der Waals surface area contributed by atoms with Crippen molar-refractivity contribution in [1.82, 2.24) is 15.1 Å². The molecule has 4 amide bonds. The van der Waals surface area contributed by atoms with Gasteiger partial charge in [-0.2, -0.15) is 0 Å². The molecule has 0 radical (unpaired) electrons. The molecule has 1 aliphatic carbocycles. The Bertz CT molecular complexity index is 3150. The van der Waals surface area contributed by atoms with Crippen molar-refractivity contribution in [2.24, 2.45) is 11.8 Å². The highest BCUT2D eigenvalue weighted by molar-refractivity contribution is 6.25. The number of carbonyl (C=O) groups is 5. The number of rotatable bonds is 12. The van der Waals surface area contributed by atoms with Gasteiger partial charge in [0, 0.05) is 18.7 Å². The molecule has 0 aromatic heterocycles. The smallest absolute Gasteiger partial charge is 0.329 e. The maximum atomic E-state index is 17.0. The highest BCUT2D eigenvalue weighted by Gasteiger charge is 2.76. The summed E-state index contributed by atoms with van der Waals surface area (Å²) < 4.78 is 29.3. The van der Waals surface area contributed by atoms with E-state index in [1.807, 2.05) is 83.8 Å². The van der Waals surface area contributed by atoms with Gasteiger partial charge in [-0.1, -0.05) is 105 Å². The Morgan fingerprint density at radius 3 is 2.18 bits per heavy atom. The molecule has 0 unspecified atom stereocenters. The van der Waals surface area contributed by atoms with Crippen LogP contribution in [0.3, 0.4) is 0 Å². The lowest BCUT2D eigenvalue weighted by Crippen LogP contribution is -2.58. The normalized spacial score (nSPS) is 23.0. The van der Waals surface area contributed by atoms with Crippen molar-refractivity contribution < 1.29 is 52.8 Å². The fourth-order valence-corrected chi connectivity index (χ4v) is 12.1. The molecule has 4 heterocycles. The number of urea groups is 1. The molecular formula is C61H62N4O11. The summed E-state index contributed by atoms with van der Waals surface area (Å²) in [6.45, 7) is 3.49. The van der Waals surface area contributed by atoms with Gasteiger partial charge in [0.15, 0.2) is 11.5 Å². The van der Waals surface area contributed by atoms with E-state index in [9.17, 15) is 9.90 Å². The second-order valence-corrected chi connectivity index (χ2v) is 20.2. The Hall–Kier alpha value is -7.93. The number of esters is 2. The van der Waals surface area contributed by atoms with Gasteiger partial charge in [-0.05, 0) is 119 Å². The van der Waals surface area contributed by atoms with Crippen molar-refractivity contribution >= 4 is 35.5 Å². The summed E-state index contributed by atoms with van der Waals surface area (Å²) in [7, 11) is 4.34. The molecule has 2 fully saturated rings. The molecule has 15 nitrogen and oxygen atoms in total. The number of methoxy groups -OCH3 is 3. The molecule has 10 rings (SSSR count). The summed E-state index contributed by atoms with van der Waals surface area (Å²) in [5, 5.41) is 12.8. The van der Waals surface area contributed by atoms with Crippen LogP contribution in [-0.2, 0) is 47.0 Å². The van der Waals surface area contributed by atoms with Crippen LogP contribution in [0.2, 0.25) is 0 Å². The number of imide groups is 1. The van der Waals surface area contributed by atoms with Crippen molar-refractivity contribution in [2.75, 3.05) is 46.0 Å². The molecule has 5 aliphatic rings. The highest BCUT2D eigenvalue weighted by Crippen LogP contribution is 2.66. The van der Waals surface area contributed by atoms with Gasteiger partial charge in [0.05, 0.1) is 51.6 Å². The quantitative estimate of drug-likeness (QED) is 0.0910. The van der Waals surface area contributed by atoms with Crippen LogP contribution in [0.4, 0.5) is 10.5 Å². The second kappa shape index (κ2) is 21.7. The zero-order valence-corrected chi connectivity index (χ0v) is 43.3. The van der Waals surface area contributed by atoms with Gasteiger partial charge in [-0.3, -0.25) is 19.3 Å². The van der Waals surface area contributed by atoms with E-state index >= 15 is 19.2 Å². The Morgan fingerprint density at radius 1 is 0.803 bits per heavy atom. The predicted octanol–water partition coefficient (Wildman–Crippen LogP) is 8.08. The predicted molar refractivity (Wildman–Crippen MR) is 282 cm³/mol. The summed E-state index contributed by atoms with van der Waals surface area (Å²) >= 11 is 0. The number of nitrogens with zero attached hydrogens (tertiary/aromatic N) is 3. The summed E-state index contributed by atoms with van der Waals surface area (Å²) in [5.41, 5.74) is 3.47. The highest BCUT2D eigenvalue weighted by atomic mass is 16.6. The molecule has 15 heteroatoms. The zero-order chi connectivity index (χ0) is 53.3. The van der Waals surface area contributed by atoms with Crippen LogP contribution >= 0.6 is 0 Å². The topological polar surface area (TPSA) is 173 Å². The Morgan fingerprint density at radius 2 is 1.51 bits per heavy atom. The van der Waals surface area contributed by atoms with E-state index < -0.39 is 77.3 Å². The van der Waals surface area contributed by atoms with Crippen LogP contribution < -0.4 is 24.4 Å². The van der Waals surface area contributed by atoms with E-state index in [-0.39, 0.29) is 37.6 Å². The van der Waals surface area contributed by atoms with Crippen LogP contribution in [-0.4, -0.2) is 97.9 Å². The van der Waals surface area contributed by atoms with Crippen LogP contribution in [0.25, 0.3) is 0 Å². The number of aliphatic hydroxyl groups is 1. The number of anilines is 1. The van der Waals surface area contributed by atoms with E-state index in [2.05, 4.69) is 23.2 Å². The molecule has 7 atom stereocenters. The molecule has 1 spiro atoms. The van der Waals surface area contributed by atoms with Crippen molar-refractivity contribution in [3.63, 3.8) is 0 Å². The number of fused-ring (bicyclic) bond motifs is 4. The van der Waals surface area contributed by atoms with E-state index in [1.165, 1.54) is 7.11 Å². The summed E-state index contributed by atoms with van der Waals surface area (Å²) in [5.74, 6) is 3.32. The number of amides is 4. The van der Waals surface area contributed by atoms with E-state index in [0.717, 1.165) is 52.8 Å². The maximum Gasteiger partial charge on any atom is 0.329 e. The van der Waals surface area contributed by atoms with Gasteiger partial charge in [-0.15, -0.1) is 0 Å². The Labute approximate surface area is 442 Å². The molecule has 0 bridgehead atoms. The third-order valence-electron chi connectivity index (χ3n) is 15.6. The first-order valence-electron chi connectivity index (χ1n) is 26.0. The first-order valence-corrected chi connectivity index (χ1v) is 26.0. The number of ether oxygens (including phenoxy) is 5. The number of aliphatic hydroxyl groups excluding tert-OH is 1. The standard InChI is InChI=1S/C61H62N4O11/c1-37(2)51(57(68)74-5)62-60(71)64-47-27-26-39(25-24-38-16-9-6-10-17-38)32-46(47)61(59(64)70)50(56(67)63-29-28-42-34-48(72-3)49(73-4)35-44(42)36-63)53-58(69)76-54(41-20-13-8-14-21-41)52(40-18-11-7-12-19-40)65(53)55(61)43-22-15-23-45(33-43)75-31-30-66/h7-8,11-16,18-23,26-27,32-35,37,50-55,66H,6,9-10,17,28-31,36H2,1-5H3,(H,62,71)/t50-,51+,52-,53-,54+,55+,61-/m1/s1. The van der Waals surface area contributed by atoms with Crippen LogP contribution in [0.5, 0.6) is 17.2 Å². The number of hydrogen-bond acceptors (Lipinski definition) is 12. The number of cyclic esters (lactones) is 1. The van der Waals surface area contributed by atoms with Gasteiger partial charge >= 0.3 is 18.0 Å². The van der Waals surface area contributed by atoms with Gasteiger partial charge in [0.2, 0.25) is 11.8 Å². The lowest BCUT2D eigenvalue weighted by molar-refractivity contribution is -0.179. The van der Waals surface area contributed by atoms with Crippen molar-refractivity contribution in [1.29, 1.82) is 0 Å². The van der Waals surface area contributed by atoms with Gasteiger partial charge in [-0.25, -0.2) is 14.5 Å². The van der Waals surface area contributed by atoms with Gasteiger partial charge < -0.3 is 39.0 Å². The molecule has 0 saturated carbocycles. The summed E-state index contributed by atoms with van der Waals surface area (Å²) in [6.07, 6.45) is 5.40. The number of morpholine rings is 1. The van der Waals surface area contributed by atoms with E-state index in [1.54, 1.807) is 69.4 Å². The number of carbonyl (C=O) groups excluding carboxylic acids is 5. The Kier molecular flexibility index (Phi) is 14.7. The second-order valence-electron chi connectivity index (χ2n) is 20.2. The number of allylic oxidation sites excluding steroid dienone is 2. The molecule has 2 N–H and O–H groups in total. The third kappa shape index (κ3) is 9.13. The number of nitrogens with one attached hydrogen (secondary N) is 1. The van der Waals surface area contributed by atoms with Gasteiger partial charge in [0.25, 0.3) is 0 Å². The molecule has 76 heavy (non-hydrogen) atoms. The molecule has 5 aromatic carbocycles. The molecular weight excluding hydrogens is 965 g/mol. The number of benzene rings is 5. The summed E-state index contributed by atoms with van der Waals surface area (Å²) in [4.78, 5) is 82.9. The molecule has 4 aliphatic heterocycles. The first kappa shape index (κ1) is 51.6. The summed E-state index contributed by atoms with van der Waals surface area (Å²) in [6, 6.07) is 29.4. The molecule has 5 aromatic rings. The van der Waals surface area contributed by atoms with Crippen LogP contribution in [0.1, 0.15) is 96.7 Å². The average Bonchev–Trinajstić information content (AvgIpc) is 4.15. The van der Waals surface area contributed by atoms with Gasteiger partial charge in [0.1, 0.15) is 36.0 Å². The minimum atomic E-state index is -2.11. The largest absolute Gasteiger partial charge is 0.493 e. The first-order chi connectivity index (χ1) is 36.9. The SMILES string of the molecule is COC(=O)[C@@H](NC(=O)N1C(=O)[C@@]2(c3cc(C#CC4=CCCCC4)ccc31)[C@H](c1cccc(OCCO)c1)N1[C@H](c3ccccc3)[C@H](c3ccccc3)OC(=O)[C@H]1[C@@H]2C(=O)N1CCc2cc(OC)c(OC)cc2C1)C(C)C. The average molecular weight is 1030 g/mol. The number of hydrogen-bond donors (Lipinski definition) is 2. The fourth-order valence-electron chi connectivity index (χ4n) is 12.1. The minimum Gasteiger partial charge on any atom is -0.493 e.